The summed E-state index contributed by atoms with van der Waals surface area (Å²) in [5, 5.41) is 32.0. The fourth-order valence-corrected chi connectivity index (χ4v) is 6.36. The summed E-state index contributed by atoms with van der Waals surface area (Å²) in [5.74, 6) is 0.444. The monoisotopic (exact) mass is 544 g/mol. The molecule has 0 spiro atoms. The van der Waals surface area contributed by atoms with Crippen molar-refractivity contribution < 1.29 is 19.4 Å². The molecule has 4 N–H and O–H groups in total. The minimum absolute atomic E-state index is 0.0577. The van der Waals surface area contributed by atoms with Crippen LogP contribution < -0.4 is 10.6 Å². The number of aromatic nitrogens is 4. The number of carbonyl (C=O) groups excluding carboxylic acids is 1. The maximum absolute atomic E-state index is 13.5. The van der Waals surface area contributed by atoms with E-state index < -0.39 is 17.0 Å². The summed E-state index contributed by atoms with van der Waals surface area (Å²) in [5.41, 5.74) is 0.533. The number of hydrogen-bond acceptors (Lipinski definition) is 6. The number of hydrogen-bond donors (Lipinski definition) is 4. The van der Waals surface area contributed by atoms with Gasteiger partial charge in [0.25, 0.3) is 5.91 Å². The molecular weight excluding hydrogens is 511 g/mol. The highest BCUT2D eigenvalue weighted by molar-refractivity contribution is 6.31. The second-order valence-electron chi connectivity index (χ2n) is 11.5. The van der Waals surface area contributed by atoms with Crippen molar-refractivity contribution in [2.24, 2.45) is 25.9 Å². The van der Waals surface area contributed by atoms with E-state index in [1.165, 1.54) is 18.2 Å². The number of nitrogens with zero attached hydrogens (tertiary/aromatic N) is 4. The zero-order chi connectivity index (χ0) is 27.4. The van der Waals surface area contributed by atoms with E-state index in [4.69, 9.17) is 11.6 Å². The smallest absolute Gasteiger partial charge is 0.274 e. The van der Waals surface area contributed by atoms with Gasteiger partial charge < -0.3 is 25.4 Å². The van der Waals surface area contributed by atoms with E-state index in [9.17, 15) is 19.4 Å². The molecule has 0 bridgehead atoms. The molecule has 9 nitrogen and oxygen atoms in total. The standard InChI is InChI=1S/C27H34ClFN6O3/c1-26(2,37)13-30-22-10-21(35(4)33-22)27(38)11-16-7-15(8-17(16)12-27)23-24(34(3)14-31-23)25(36)32-18-5-6-20(29)19(28)9-18/h5-6,9-10,14-17,37-38H,7-8,11-13H2,1-4H3,(H,30,33)(H,32,36). The second-order valence-corrected chi connectivity index (χ2v) is 11.9. The van der Waals surface area contributed by atoms with Gasteiger partial charge in [-0.15, -0.1) is 0 Å². The lowest BCUT2D eigenvalue weighted by Gasteiger charge is -2.25. The summed E-state index contributed by atoms with van der Waals surface area (Å²) in [7, 11) is 3.61. The van der Waals surface area contributed by atoms with Crippen molar-refractivity contribution in [3.63, 3.8) is 0 Å². The Bertz CT molecular complexity index is 1350. The fraction of sp³-hybridized carbons (Fsp3) is 0.519. The van der Waals surface area contributed by atoms with Gasteiger partial charge in [-0.2, -0.15) is 5.10 Å². The van der Waals surface area contributed by atoms with E-state index in [0.717, 1.165) is 24.2 Å². The van der Waals surface area contributed by atoms with Gasteiger partial charge in [-0.3, -0.25) is 9.48 Å². The van der Waals surface area contributed by atoms with Crippen molar-refractivity contribution in [2.75, 3.05) is 17.2 Å². The average molecular weight is 545 g/mol. The first-order valence-electron chi connectivity index (χ1n) is 12.8. The largest absolute Gasteiger partial charge is 0.389 e. The molecule has 2 aliphatic rings. The maximum Gasteiger partial charge on any atom is 0.274 e. The molecule has 2 aliphatic carbocycles. The number of carbonyl (C=O) groups is 1. The molecule has 1 aromatic carbocycles. The van der Waals surface area contributed by atoms with Crippen LogP contribution in [0, 0.1) is 17.7 Å². The Kier molecular flexibility index (Phi) is 6.77. The van der Waals surface area contributed by atoms with E-state index in [1.54, 1.807) is 36.5 Å². The van der Waals surface area contributed by atoms with Gasteiger partial charge >= 0.3 is 0 Å². The van der Waals surface area contributed by atoms with Crippen LogP contribution in [-0.4, -0.2) is 47.6 Å². The van der Waals surface area contributed by atoms with Gasteiger partial charge in [0.2, 0.25) is 0 Å². The lowest BCUT2D eigenvalue weighted by Crippen LogP contribution is -2.29. The molecule has 0 saturated heterocycles. The van der Waals surface area contributed by atoms with Crippen molar-refractivity contribution in [1.29, 1.82) is 0 Å². The van der Waals surface area contributed by atoms with Gasteiger partial charge in [-0.05, 0) is 69.6 Å². The number of nitrogens with one attached hydrogen (secondary N) is 2. The Morgan fingerprint density at radius 2 is 1.92 bits per heavy atom. The molecule has 204 valence electrons. The SMILES string of the molecule is Cn1cnc(C2CC3CC(O)(c4cc(NCC(C)(C)O)nn4C)CC3C2)c1C(=O)Nc1ccc(F)c(Cl)c1. The Balaban J connectivity index is 1.28. The minimum atomic E-state index is -0.983. The van der Waals surface area contributed by atoms with Crippen molar-refractivity contribution in [1.82, 2.24) is 19.3 Å². The number of halogens is 2. The van der Waals surface area contributed by atoms with Crippen LogP contribution in [0.2, 0.25) is 5.02 Å². The normalized spacial score (nSPS) is 25.0. The highest BCUT2D eigenvalue weighted by Gasteiger charge is 2.51. The number of aliphatic hydroxyl groups is 2. The van der Waals surface area contributed by atoms with Crippen LogP contribution in [0.1, 0.15) is 67.3 Å². The van der Waals surface area contributed by atoms with Crippen LogP contribution in [0.15, 0.2) is 30.6 Å². The van der Waals surface area contributed by atoms with Crippen LogP contribution in [0.25, 0.3) is 0 Å². The van der Waals surface area contributed by atoms with Gasteiger partial charge in [-0.1, -0.05) is 11.6 Å². The Labute approximate surface area is 226 Å². The van der Waals surface area contributed by atoms with E-state index in [-0.39, 0.29) is 16.8 Å². The first-order valence-corrected chi connectivity index (χ1v) is 13.2. The lowest BCUT2D eigenvalue weighted by molar-refractivity contribution is 0.0263. The Morgan fingerprint density at radius 1 is 1.24 bits per heavy atom. The van der Waals surface area contributed by atoms with Crippen molar-refractivity contribution in [3.8, 4) is 0 Å². The first kappa shape index (κ1) is 26.6. The van der Waals surface area contributed by atoms with E-state index in [0.29, 0.717) is 48.4 Å². The number of aryl methyl sites for hydroxylation is 2. The Morgan fingerprint density at radius 3 is 2.55 bits per heavy atom. The van der Waals surface area contributed by atoms with Crippen LogP contribution in [0.5, 0.6) is 0 Å². The summed E-state index contributed by atoms with van der Waals surface area (Å²) in [6.45, 7) is 3.80. The third-order valence-electron chi connectivity index (χ3n) is 7.84. The third-order valence-corrected chi connectivity index (χ3v) is 8.13. The van der Waals surface area contributed by atoms with Gasteiger partial charge in [0, 0.05) is 38.3 Å². The zero-order valence-electron chi connectivity index (χ0n) is 22.0. The van der Waals surface area contributed by atoms with E-state index >= 15 is 0 Å². The zero-order valence-corrected chi connectivity index (χ0v) is 22.8. The molecule has 0 aliphatic heterocycles. The number of rotatable bonds is 7. The summed E-state index contributed by atoms with van der Waals surface area (Å²) in [6, 6.07) is 5.94. The summed E-state index contributed by atoms with van der Waals surface area (Å²) in [6.07, 6.45) is 4.52. The topological polar surface area (TPSA) is 117 Å². The fourth-order valence-electron chi connectivity index (χ4n) is 6.18. The van der Waals surface area contributed by atoms with Gasteiger partial charge in [0.05, 0.1) is 28.3 Å². The third kappa shape index (κ3) is 5.17. The molecule has 38 heavy (non-hydrogen) atoms. The predicted octanol–water partition coefficient (Wildman–Crippen LogP) is 4.17. The number of anilines is 2. The quantitative estimate of drug-likeness (QED) is 0.355. The molecule has 1 amide bonds. The summed E-state index contributed by atoms with van der Waals surface area (Å²) < 4.78 is 16.9. The number of imidazole rings is 1. The molecule has 2 heterocycles. The van der Waals surface area contributed by atoms with Gasteiger partial charge in [0.15, 0.2) is 0 Å². The van der Waals surface area contributed by atoms with Crippen molar-refractivity contribution in [2.45, 2.75) is 56.7 Å². The van der Waals surface area contributed by atoms with Gasteiger partial charge in [-0.25, -0.2) is 9.37 Å². The first-order chi connectivity index (χ1) is 17.8. The van der Waals surface area contributed by atoms with Crippen molar-refractivity contribution in [3.05, 3.63) is 58.5 Å². The molecule has 3 aromatic rings. The van der Waals surface area contributed by atoms with Crippen molar-refractivity contribution >= 4 is 29.0 Å². The molecule has 11 heteroatoms. The molecule has 2 fully saturated rings. The van der Waals surface area contributed by atoms with Crippen LogP contribution in [0.3, 0.4) is 0 Å². The lowest BCUT2D eigenvalue weighted by atomic mass is 9.90. The van der Waals surface area contributed by atoms with Crippen LogP contribution in [0.4, 0.5) is 15.9 Å². The minimum Gasteiger partial charge on any atom is -0.389 e. The van der Waals surface area contributed by atoms with Crippen LogP contribution >= 0.6 is 11.6 Å². The summed E-state index contributed by atoms with van der Waals surface area (Å²) in [4.78, 5) is 17.8. The number of benzene rings is 1. The Hall–Kier alpha value is -2.95. The molecule has 2 aromatic heterocycles. The van der Waals surface area contributed by atoms with E-state index in [2.05, 4.69) is 20.7 Å². The highest BCUT2D eigenvalue weighted by Crippen LogP contribution is 2.57. The predicted molar refractivity (Wildman–Crippen MR) is 143 cm³/mol. The molecule has 5 rings (SSSR count). The summed E-state index contributed by atoms with van der Waals surface area (Å²) >= 11 is 5.87. The molecular formula is C27H34ClFN6O3. The number of amides is 1. The average Bonchev–Trinajstić information content (AvgIpc) is 3.56. The van der Waals surface area contributed by atoms with Crippen LogP contribution in [-0.2, 0) is 19.7 Å². The highest BCUT2D eigenvalue weighted by atomic mass is 35.5. The maximum atomic E-state index is 13.5. The molecule has 0 radical (unpaired) electrons. The molecule has 2 atom stereocenters. The van der Waals surface area contributed by atoms with E-state index in [1.807, 2.05) is 13.1 Å². The van der Waals surface area contributed by atoms with Gasteiger partial charge in [0.1, 0.15) is 22.9 Å². The molecule has 2 unspecified atom stereocenters. The number of fused-ring (bicyclic) bond motifs is 1. The molecule has 2 saturated carbocycles. The second kappa shape index (κ2) is 9.66.